The predicted molar refractivity (Wildman–Crippen MR) is 82.7 cm³/mol. The molecule has 2 rings (SSSR count). The Labute approximate surface area is 127 Å². The molecule has 4 nitrogen and oxygen atoms in total. The van der Waals surface area contributed by atoms with E-state index < -0.39 is 0 Å². The van der Waals surface area contributed by atoms with E-state index in [-0.39, 0.29) is 5.97 Å². The Morgan fingerprint density at radius 2 is 2.10 bits per heavy atom. The molecule has 0 amide bonds. The van der Waals surface area contributed by atoms with Crippen LogP contribution in [0.5, 0.6) is 5.75 Å². The van der Waals surface area contributed by atoms with E-state index in [0.717, 1.165) is 24.6 Å². The van der Waals surface area contributed by atoms with Crippen LogP contribution in [0.3, 0.4) is 0 Å². The maximum absolute atomic E-state index is 11.3. The van der Waals surface area contributed by atoms with Gasteiger partial charge < -0.3 is 14.4 Å². The van der Waals surface area contributed by atoms with Crippen LogP contribution in [0.1, 0.15) is 36.5 Å². The van der Waals surface area contributed by atoms with Gasteiger partial charge in [0.15, 0.2) is 0 Å². The molecule has 1 atom stereocenters. The monoisotopic (exact) mass is 291 g/mol. The van der Waals surface area contributed by atoms with Crippen LogP contribution in [0.25, 0.3) is 0 Å². The summed E-state index contributed by atoms with van der Waals surface area (Å²) in [5, 5.41) is 0. The van der Waals surface area contributed by atoms with Crippen molar-refractivity contribution >= 4 is 5.97 Å². The van der Waals surface area contributed by atoms with Gasteiger partial charge >= 0.3 is 5.97 Å². The first-order chi connectivity index (χ1) is 10.2. The molecule has 1 aliphatic rings. The zero-order valence-electron chi connectivity index (χ0n) is 13.0. The molecule has 1 aromatic rings. The van der Waals surface area contributed by atoms with Gasteiger partial charge in [0, 0.05) is 13.1 Å². The van der Waals surface area contributed by atoms with E-state index in [9.17, 15) is 4.79 Å². The number of benzene rings is 1. The fourth-order valence-electron chi connectivity index (χ4n) is 2.77. The lowest BCUT2D eigenvalue weighted by atomic mass is 10.0. The standard InChI is InChI=1S/C17H25NO3/c1-14-5-3-10-18(13-14)11-4-12-21-16-8-6-15(7-9-16)17(19)20-2/h6-9,14H,3-5,10-13H2,1-2H3/t14-/m0/s1. The van der Waals surface area contributed by atoms with Gasteiger partial charge in [-0.3, -0.25) is 0 Å². The zero-order chi connectivity index (χ0) is 15.1. The molecule has 1 saturated heterocycles. The van der Waals surface area contributed by atoms with Crippen molar-refractivity contribution in [3.8, 4) is 5.75 Å². The third-order valence-corrected chi connectivity index (χ3v) is 3.90. The molecule has 21 heavy (non-hydrogen) atoms. The fraction of sp³-hybridized carbons (Fsp3) is 0.588. The molecule has 4 heteroatoms. The minimum absolute atomic E-state index is 0.319. The molecule has 0 unspecified atom stereocenters. The zero-order valence-corrected chi connectivity index (χ0v) is 13.0. The highest BCUT2D eigenvalue weighted by Crippen LogP contribution is 2.16. The first kappa shape index (κ1) is 15.8. The highest BCUT2D eigenvalue weighted by Gasteiger charge is 2.15. The smallest absolute Gasteiger partial charge is 0.337 e. The number of piperidine rings is 1. The Balaban J connectivity index is 1.67. The maximum Gasteiger partial charge on any atom is 0.337 e. The molecule has 116 valence electrons. The summed E-state index contributed by atoms with van der Waals surface area (Å²) in [6.07, 6.45) is 3.71. The van der Waals surface area contributed by atoms with Gasteiger partial charge in [0.2, 0.25) is 0 Å². The number of hydrogen-bond donors (Lipinski definition) is 0. The summed E-state index contributed by atoms with van der Waals surface area (Å²) in [6, 6.07) is 7.09. The lowest BCUT2D eigenvalue weighted by Crippen LogP contribution is -2.35. The lowest BCUT2D eigenvalue weighted by Gasteiger charge is -2.30. The fourth-order valence-corrected chi connectivity index (χ4v) is 2.77. The number of esters is 1. The predicted octanol–water partition coefficient (Wildman–Crippen LogP) is 2.97. The number of carbonyl (C=O) groups excluding carboxylic acids is 1. The van der Waals surface area contributed by atoms with Crippen molar-refractivity contribution in [1.82, 2.24) is 4.90 Å². The van der Waals surface area contributed by atoms with Gasteiger partial charge in [0.1, 0.15) is 5.75 Å². The van der Waals surface area contributed by atoms with Crippen LogP contribution >= 0.6 is 0 Å². The van der Waals surface area contributed by atoms with E-state index in [4.69, 9.17) is 4.74 Å². The molecular formula is C17H25NO3. The number of rotatable bonds is 6. The summed E-state index contributed by atoms with van der Waals surface area (Å²) in [7, 11) is 1.38. The van der Waals surface area contributed by atoms with Crippen LogP contribution in [0.15, 0.2) is 24.3 Å². The molecule has 1 heterocycles. The van der Waals surface area contributed by atoms with E-state index in [1.807, 2.05) is 12.1 Å². The van der Waals surface area contributed by atoms with Crippen LogP contribution in [-0.2, 0) is 4.74 Å². The van der Waals surface area contributed by atoms with Gasteiger partial charge in [0.25, 0.3) is 0 Å². The van der Waals surface area contributed by atoms with E-state index >= 15 is 0 Å². The van der Waals surface area contributed by atoms with Crippen molar-refractivity contribution in [3.05, 3.63) is 29.8 Å². The van der Waals surface area contributed by atoms with E-state index in [2.05, 4.69) is 16.6 Å². The van der Waals surface area contributed by atoms with Crippen LogP contribution in [0.4, 0.5) is 0 Å². The van der Waals surface area contributed by atoms with Crippen molar-refractivity contribution in [1.29, 1.82) is 0 Å². The molecule has 1 fully saturated rings. The largest absolute Gasteiger partial charge is 0.494 e. The number of methoxy groups -OCH3 is 1. The Morgan fingerprint density at radius 1 is 1.33 bits per heavy atom. The van der Waals surface area contributed by atoms with Crippen molar-refractivity contribution in [2.75, 3.05) is 33.4 Å². The topological polar surface area (TPSA) is 38.8 Å². The summed E-state index contributed by atoms with van der Waals surface area (Å²) >= 11 is 0. The third kappa shape index (κ3) is 5.05. The van der Waals surface area contributed by atoms with E-state index in [1.165, 1.54) is 33.0 Å². The first-order valence-electron chi connectivity index (χ1n) is 7.72. The second-order valence-corrected chi connectivity index (χ2v) is 5.77. The van der Waals surface area contributed by atoms with E-state index in [0.29, 0.717) is 12.2 Å². The number of nitrogens with zero attached hydrogens (tertiary/aromatic N) is 1. The molecule has 0 aliphatic carbocycles. The molecule has 0 bridgehead atoms. The third-order valence-electron chi connectivity index (χ3n) is 3.90. The molecule has 0 aromatic heterocycles. The Hall–Kier alpha value is -1.55. The van der Waals surface area contributed by atoms with Gasteiger partial charge in [-0.25, -0.2) is 4.79 Å². The van der Waals surface area contributed by atoms with Gasteiger partial charge in [0.05, 0.1) is 19.3 Å². The first-order valence-corrected chi connectivity index (χ1v) is 7.72. The minimum atomic E-state index is -0.319. The maximum atomic E-state index is 11.3. The van der Waals surface area contributed by atoms with Gasteiger partial charge in [-0.1, -0.05) is 6.92 Å². The number of likely N-dealkylation sites (tertiary alicyclic amines) is 1. The second kappa shape index (κ2) is 8.03. The number of hydrogen-bond acceptors (Lipinski definition) is 4. The Bertz CT molecular complexity index is 444. The van der Waals surface area contributed by atoms with Crippen molar-refractivity contribution in [3.63, 3.8) is 0 Å². The highest BCUT2D eigenvalue weighted by atomic mass is 16.5. The number of ether oxygens (including phenoxy) is 2. The molecule has 1 aliphatic heterocycles. The molecule has 1 aromatic carbocycles. The summed E-state index contributed by atoms with van der Waals surface area (Å²) in [5.41, 5.74) is 0.548. The number of carbonyl (C=O) groups is 1. The molecule has 0 saturated carbocycles. The Morgan fingerprint density at radius 3 is 2.76 bits per heavy atom. The quantitative estimate of drug-likeness (QED) is 0.596. The van der Waals surface area contributed by atoms with Crippen molar-refractivity contribution in [2.45, 2.75) is 26.2 Å². The minimum Gasteiger partial charge on any atom is -0.494 e. The van der Waals surface area contributed by atoms with Crippen LogP contribution in [0, 0.1) is 5.92 Å². The normalized spacial score (nSPS) is 19.2. The SMILES string of the molecule is COC(=O)c1ccc(OCCCN2CCC[C@H](C)C2)cc1. The summed E-state index contributed by atoms with van der Waals surface area (Å²) in [4.78, 5) is 13.8. The van der Waals surface area contributed by atoms with Gasteiger partial charge in [-0.05, 0) is 56.0 Å². The van der Waals surface area contributed by atoms with Crippen LogP contribution < -0.4 is 4.74 Å². The summed E-state index contributed by atoms with van der Waals surface area (Å²) in [5.74, 6) is 1.31. The van der Waals surface area contributed by atoms with Gasteiger partial charge in [-0.2, -0.15) is 0 Å². The van der Waals surface area contributed by atoms with Crippen LogP contribution in [-0.4, -0.2) is 44.2 Å². The van der Waals surface area contributed by atoms with Gasteiger partial charge in [-0.15, -0.1) is 0 Å². The summed E-state index contributed by atoms with van der Waals surface area (Å²) < 4.78 is 10.4. The van der Waals surface area contributed by atoms with E-state index in [1.54, 1.807) is 12.1 Å². The average molecular weight is 291 g/mol. The molecule has 0 radical (unpaired) electrons. The molecular weight excluding hydrogens is 266 g/mol. The second-order valence-electron chi connectivity index (χ2n) is 5.77. The highest BCUT2D eigenvalue weighted by molar-refractivity contribution is 5.89. The summed E-state index contributed by atoms with van der Waals surface area (Å²) in [6.45, 7) is 6.57. The molecule has 0 spiro atoms. The Kier molecular flexibility index (Phi) is 6.05. The van der Waals surface area contributed by atoms with Crippen molar-refractivity contribution < 1.29 is 14.3 Å². The lowest BCUT2D eigenvalue weighted by molar-refractivity contribution is 0.0600. The molecule has 0 N–H and O–H groups in total. The van der Waals surface area contributed by atoms with Crippen molar-refractivity contribution in [2.24, 2.45) is 5.92 Å². The average Bonchev–Trinajstić information content (AvgIpc) is 2.51. The van der Waals surface area contributed by atoms with Crippen LogP contribution in [0.2, 0.25) is 0 Å².